The van der Waals surface area contributed by atoms with Gasteiger partial charge in [0.05, 0.1) is 23.1 Å². The van der Waals surface area contributed by atoms with Crippen LogP contribution in [-0.4, -0.2) is 38.5 Å². The molecule has 1 aliphatic heterocycles. The van der Waals surface area contributed by atoms with Gasteiger partial charge in [-0.2, -0.15) is 0 Å². The van der Waals surface area contributed by atoms with Crippen molar-refractivity contribution in [1.82, 2.24) is 20.2 Å². The summed E-state index contributed by atoms with van der Waals surface area (Å²) in [4.78, 5) is 35.1. The first-order valence-electron chi connectivity index (χ1n) is 9.39. The quantitative estimate of drug-likeness (QED) is 0.560. The van der Waals surface area contributed by atoms with Crippen LogP contribution in [0.1, 0.15) is 28.7 Å². The first kappa shape index (κ1) is 17.9. The molecule has 0 saturated carbocycles. The van der Waals surface area contributed by atoms with Gasteiger partial charge in [0.2, 0.25) is 11.8 Å². The van der Waals surface area contributed by atoms with Gasteiger partial charge in [-0.25, -0.2) is 4.98 Å². The summed E-state index contributed by atoms with van der Waals surface area (Å²) in [7, 11) is 0. The van der Waals surface area contributed by atoms with Crippen molar-refractivity contribution < 1.29 is 14.0 Å². The Morgan fingerprint density at radius 2 is 1.80 bits per heavy atom. The molecule has 2 aromatic heterocycles. The molecule has 3 heterocycles. The summed E-state index contributed by atoms with van der Waals surface area (Å²) in [5.74, 6) is -0.448. The van der Waals surface area contributed by atoms with Crippen molar-refractivity contribution in [3.63, 3.8) is 0 Å². The molecule has 4 aromatic rings. The van der Waals surface area contributed by atoms with Gasteiger partial charge >= 0.3 is 6.01 Å². The molecule has 148 valence electrons. The Kier molecular flexibility index (Phi) is 4.40. The van der Waals surface area contributed by atoms with Crippen LogP contribution in [0.15, 0.2) is 65.2 Å². The molecule has 9 nitrogen and oxygen atoms in total. The summed E-state index contributed by atoms with van der Waals surface area (Å²) in [6.07, 6.45) is 1.66. The van der Waals surface area contributed by atoms with Crippen molar-refractivity contribution in [1.29, 1.82) is 0 Å². The molecule has 5 rings (SSSR count). The van der Waals surface area contributed by atoms with Crippen molar-refractivity contribution in [3.05, 3.63) is 72.4 Å². The maximum absolute atomic E-state index is 12.5. The van der Waals surface area contributed by atoms with E-state index in [1.807, 2.05) is 48.5 Å². The number of rotatable bonds is 4. The number of carbonyl (C=O) groups is 2. The molecule has 0 radical (unpaired) electrons. The summed E-state index contributed by atoms with van der Waals surface area (Å²) >= 11 is 0. The molecule has 1 atom stereocenters. The monoisotopic (exact) mass is 400 g/mol. The van der Waals surface area contributed by atoms with Gasteiger partial charge in [0.1, 0.15) is 5.69 Å². The zero-order valence-electron chi connectivity index (χ0n) is 15.7. The first-order valence-corrected chi connectivity index (χ1v) is 9.39. The molecule has 2 amide bonds. The second kappa shape index (κ2) is 7.36. The largest absolute Gasteiger partial charge is 0.407 e. The summed E-state index contributed by atoms with van der Waals surface area (Å²) in [5.41, 5.74) is 2.28. The highest BCUT2D eigenvalue weighted by molar-refractivity contribution is 6.02. The van der Waals surface area contributed by atoms with Crippen LogP contribution in [0.25, 0.3) is 11.0 Å². The lowest BCUT2D eigenvalue weighted by Gasteiger charge is -2.15. The molecule has 30 heavy (non-hydrogen) atoms. The number of hydrogen-bond donors (Lipinski definition) is 1. The van der Waals surface area contributed by atoms with Gasteiger partial charge in [-0.05, 0) is 24.3 Å². The van der Waals surface area contributed by atoms with Crippen LogP contribution < -0.4 is 10.2 Å². The molecule has 1 unspecified atom stereocenters. The Bertz CT molecular complexity index is 1240. The summed E-state index contributed by atoms with van der Waals surface area (Å²) in [6.45, 7) is 0.439. The van der Waals surface area contributed by atoms with E-state index in [0.29, 0.717) is 23.5 Å². The lowest BCUT2D eigenvalue weighted by atomic mass is 10.1. The van der Waals surface area contributed by atoms with Gasteiger partial charge < -0.3 is 9.32 Å². The van der Waals surface area contributed by atoms with Gasteiger partial charge in [-0.3, -0.25) is 19.9 Å². The van der Waals surface area contributed by atoms with E-state index >= 15 is 0 Å². The molecule has 0 spiro atoms. The third-order valence-electron chi connectivity index (χ3n) is 4.88. The van der Waals surface area contributed by atoms with Crippen molar-refractivity contribution in [2.45, 2.75) is 12.3 Å². The SMILES string of the molecule is O=C(Nc1nnc(C2CC(=O)N(c3ccccc3)C2)o1)c1cnc2ccccc2n1. The number of aromatic nitrogens is 4. The minimum atomic E-state index is -0.503. The molecule has 1 fully saturated rings. The number of anilines is 2. The molecule has 0 bridgehead atoms. The number of hydrogen-bond acceptors (Lipinski definition) is 7. The maximum atomic E-state index is 12.5. The first-order chi connectivity index (χ1) is 14.7. The van der Waals surface area contributed by atoms with Crippen molar-refractivity contribution in [2.75, 3.05) is 16.8 Å². The number of para-hydroxylation sites is 3. The van der Waals surface area contributed by atoms with Crippen LogP contribution in [0.2, 0.25) is 0 Å². The van der Waals surface area contributed by atoms with Gasteiger partial charge in [-0.15, -0.1) is 5.10 Å². The predicted octanol–water partition coefficient (Wildman–Crippen LogP) is 2.79. The highest BCUT2D eigenvalue weighted by Gasteiger charge is 2.35. The molecule has 1 saturated heterocycles. The van der Waals surface area contributed by atoms with Crippen LogP contribution >= 0.6 is 0 Å². The van der Waals surface area contributed by atoms with Crippen LogP contribution in [0.4, 0.5) is 11.7 Å². The topological polar surface area (TPSA) is 114 Å². The summed E-state index contributed by atoms with van der Waals surface area (Å²) < 4.78 is 5.60. The number of amides is 2. The highest BCUT2D eigenvalue weighted by Crippen LogP contribution is 2.31. The molecule has 2 aromatic carbocycles. The van der Waals surface area contributed by atoms with Gasteiger partial charge in [0, 0.05) is 18.7 Å². The third-order valence-corrected chi connectivity index (χ3v) is 4.88. The standard InChI is InChI=1S/C21H16N6O3/c28-18-10-13(12-27(18)14-6-2-1-3-7-14)20-25-26-21(30-20)24-19(29)17-11-22-15-8-4-5-9-16(15)23-17/h1-9,11,13H,10,12H2,(H,24,26,29). The van der Waals surface area contributed by atoms with Crippen molar-refractivity contribution in [3.8, 4) is 0 Å². The van der Waals surface area contributed by atoms with Gasteiger partial charge in [0.25, 0.3) is 5.91 Å². The van der Waals surface area contributed by atoms with Crippen LogP contribution in [0.5, 0.6) is 0 Å². The van der Waals surface area contributed by atoms with E-state index in [9.17, 15) is 9.59 Å². The Morgan fingerprint density at radius 3 is 2.63 bits per heavy atom. The normalized spacial score (nSPS) is 16.2. The molecule has 1 N–H and O–H groups in total. The molecular formula is C21H16N6O3. The highest BCUT2D eigenvalue weighted by atomic mass is 16.4. The fraction of sp³-hybridized carbons (Fsp3) is 0.143. The number of benzene rings is 2. The Morgan fingerprint density at radius 1 is 1.03 bits per heavy atom. The van der Waals surface area contributed by atoms with E-state index in [2.05, 4.69) is 25.5 Å². The maximum Gasteiger partial charge on any atom is 0.322 e. The lowest BCUT2D eigenvalue weighted by molar-refractivity contribution is -0.117. The van der Waals surface area contributed by atoms with Gasteiger partial charge in [-0.1, -0.05) is 35.4 Å². The molecule has 0 aliphatic carbocycles. The summed E-state index contributed by atoms with van der Waals surface area (Å²) in [6, 6.07) is 16.6. The van der Waals surface area contributed by atoms with Crippen molar-refractivity contribution in [2.24, 2.45) is 0 Å². The lowest BCUT2D eigenvalue weighted by Crippen LogP contribution is -2.24. The number of nitrogens with one attached hydrogen (secondary N) is 1. The zero-order chi connectivity index (χ0) is 20.5. The predicted molar refractivity (Wildman–Crippen MR) is 108 cm³/mol. The van der Waals surface area contributed by atoms with E-state index in [1.54, 1.807) is 11.0 Å². The van der Waals surface area contributed by atoms with E-state index in [-0.39, 0.29) is 30.0 Å². The minimum absolute atomic E-state index is 0.0126. The molecular weight excluding hydrogens is 384 g/mol. The Balaban J connectivity index is 1.29. The summed E-state index contributed by atoms with van der Waals surface area (Å²) in [5, 5.41) is 10.4. The van der Waals surface area contributed by atoms with E-state index in [4.69, 9.17) is 4.42 Å². The van der Waals surface area contributed by atoms with E-state index in [1.165, 1.54) is 6.20 Å². The molecule has 9 heteroatoms. The minimum Gasteiger partial charge on any atom is -0.407 e. The van der Waals surface area contributed by atoms with Crippen molar-refractivity contribution >= 4 is 34.5 Å². The Labute approximate surface area is 170 Å². The average Bonchev–Trinajstić information content (AvgIpc) is 3.40. The second-order valence-corrected chi connectivity index (χ2v) is 6.88. The van der Waals surface area contributed by atoms with Crippen LogP contribution in [0, 0.1) is 0 Å². The zero-order valence-corrected chi connectivity index (χ0v) is 15.7. The molecule has 1 aliphatic rings. The van der Waals surface area contributed by atoms with E-state index < -0.39 is 5.91 Å². The van der Waals surface area contributed by atoms with E-state index in [0.717, 1.165) is 5.69 Å². The number of fused-ring (bicyclic) bond motifs is 1. The van der Waals surface area contributed by atoms with Crippen LogP contribution in [-0.2, 0) is 4.79 Å². The fourth-order valence-corrected chi connectivity index (χ4v) is 3.41. The second-order valence-electron chi connectivity index (χ2n) is 6.88. The third kappa shape index (κ3) is 3.37. The fourth-order valence-electron chi connectivity index (χ4n) is 3.41. The van der Waals surface area contributed by atoms with Crippen LogP contribution in [0.3, 0.4) is 0 Å². The Hall–Kier alpha value is -4.14. The van der Waals surface area contributed by atoms with Gasteiger partial charge in [0.15, 0.2) is 0 Å². The number of nitrogens with zero attached hydrogens (tertiary/aromatic N) is 5. The smallest absolute Gasteiger partial charge is 0.322 e. The number of carbonyl (C=O) groups excluding carboxylic acids is 2. The average molecular weight is 400 g/mol.